The van der Waals surface area contributed by atoms with Gasteiger partial charge in [-0.2, -0.15) is 0 Å². The van der Waals surface area contributed by atoms with Gasteiger partial charge in [-0.15, -0.1) is 0 Å². The van der Waals surface area contributed by atoms with E-state index in [-0.39, 0.29) is 12.4 Å². The summed E-state index contributed by atoms with van der Waals surface area (Å²) in [4.78, 5) is 19.2. The van der Waals surface area contributed by atoms with E-state index in [0.717, 1.165) is 28.6 Å². The summed E-state index contributed by atoms with van der Waals surface area (Å²) in [5.74, 6) is -3.96. The van der Waals surface area contributed by atoms with Gasteiger partial charge in [0.15, 0.2) is 17.5 Å². The van der Waals surface area contributed by atoms with E-state index in [1.54, 1.807) is 13.3 Å². The number of pyridine rings is 1. The molecule has 1 fully saturated rings. The van der Waals surface area contributed by atoms with E-state index in [2.05, 4.69) is 9.88 Å². The predicted octanol–water partition coefficient (Wildman–Crippen LogP) is 5.30. The van der Waals surface area contributed by atoms with E-state index in [1.807, 2.05) is 23.7 Å². The number of nitrogens with one attached hydrogen (secondary N) is 1. The van der Waals surface area contributed by atoms with Crippen molar-refractivity contribution in [2.75, 3.05) is 33.4 Å². The van der Waals surface area contributed by atoms with Gasteiger partial charge in [-0.3, -0.25) is 19.9 Å². The molecular formula is C27H29ClF3N3O4. The minimum Gasteiger partial charge on any atom is -0.497 e. The molecule has 0 spiro atoms. The molecule has 11 heteroatoms. The number of hydrogen-bond acceptors (Lipinski definition) is 6. The molecule has 0 unspecified atom stereocenters. The number of amides is 1. The van der Waals surface area contributed by atoms with E-state index < -0.39 is 28.8 Å². The number of carbonyl (C=O) groups is 1. The lowest BCUT2D eigenvalue weighted by Crippen LogP contribution is -2.49. The van der Waals surface area contributed by atoms with Crippen molar-refractivity contribution in [3.05, 3.63) is 64.6 Å². The molecule has 0 bridgehead atoms. The maximum Gasteiger partial charge on any atom is 0.249 e. The lowest BCUT2D eigenvalue weighted by Gasteiger charge is -2.40. The molecule has 1 aliphatic heterocycles. The van der Waals surface area contributed by atoms with Crippen molar-refractivity contribution >= 4 is 28.4 Å². The molecular weight excluding hydrogens is 523 g/mol. The first kappa shape index (κ1) is 27.9. The smallest absolute Gasteiger partial charge is 0.249 e. The van der Waals surface area contributed by atoms with Crippen molar-refractivity contribution in [1.29, 1.82) is 0 Å². The summed E-state index contributed by atoms with van der Waals surface area (Å²) in [6.07, 6.45) is 4.47. The second-order valence-electron chi connectivity index (χ2n) is 9.43. The number of halogens is 4. The molecule has 0 aliphatic carbocycles. The van der Waals surface area contributed by atoms with Crippen LogP contribution in [0, 0.1) is 22.9 Å². The Morgan fingerprint density at radius 2 is 1.87 bits per heavy atom. The average Bonchev–Trinajstić information content (AvgIpc) is 2.93. The summed E-state index contributed by atoms with van der Waals surface area (Å²) < 4.78 is 50.6. The van der Waals surface area contributed by atoms with Crippen LogP contribution in [-0.4, -0.2) is 54.3 Å². The van der Waals surface area contributed by atoms with Crippen molar-refractivity contribution in [2.45, 2.75) is 32.1 Å². The van der Waals surface area contributed by atoms with Gasteiger partial charge in [0, 0.05) is 30.3 Å². The van der Waals surface area contributed by atoms with Gasteiger partial charge in [0.25, 0.3) is 0 Å². The number of ether oxygens (including phenoxy) is 2. The van der Waals surface area contributed by atoms with Gasteiger partial charge >= 0.3 is 0 Å². The quantitative estimate of drug-likeness (QED) is 0.202. The Kier molecular flexibility index (Phi) is 8.96. The highest BCUT2D eigenvalue weighted by Gasteiger charge is 2.40. The Morgan fingerprint density at radius 1 is 1.16 bits per heavy atom. The molecule has 38 heavy (non-hydrogen) atoms. The zero-order valence-corrected chi connectivity index (χ0v) is 21.7. The average molecular weight is 552 g/mol. The number of likely N-dealkylation sites (tertiary alicyclic amines) is 1. The molecule has 3 aromatic rings. The highest BCUT2D eigenvalue weighted by atomic mass is 35.5. The number of hydrogen-bond donors (Lipinski definition) is 2. The molecule has 7 nitrogen and oxygen atoms in total. The number of fused-ring (bicyclic) bond motifs is 1. The summed E-state index contributed by atoms with van der Waals surface area (Å²) >= 11 is 6.48. The van der Waals surface area contributed by atoms with Crippen LogP contribution in [0.25, 0.3) is 10.9 Å². The molecule has 2 heterocycles. The second kappa shape index (κ2) is 12.2. The number of benzene rings is 2. The fourth-order valence-electron chi connectivity index (χ4n) is 5.01. The van der Waals surface area contributed by atoms with Crippen molar-refractivity contribution in [2.24, 2.45) is 5.41 Å². The molecule has 1 saturated heterocycles. The van der Waals surface area contributed by atoms with Gasteiger partial charge in [-0.25, -0.2) is 18.7 Å². The molecule has 1 amide bonds. The number of rotatable bonds is 10. The van der Waals surface area contributed by atoms with Crippen molar-refractivity contribution in [3.8, 4) is 11.5 Å². The molecule has 2 N–H and O–H groups in total. The Labute approximate surface area is 223 Å². The molecule has 1 aliphatic rings. The zero-order chi connectivity index (χ0) is 27.3. The van der Waals surface area contributed by atoms with Crippen LogP contribution in [0.5, 0.6) is 11.5 Å². The molecule has 4 rings (SSSR count). The van der Waals surface area contributed by atoms with Gasteiger partial charge in [-0.1, -0.05) is 11.6 Å². The van der Waals surface area contributed by atoms with Gasteiger partial charge in [-0.05, 0) is 69.0 Å². The Bertz CT molecular complexity index is 1280. The fourth-order valence-corrected chi connectivity index (χ4v) is 5.25. The van der Waals surface area contributed by atoms with Crippen LogP contribution in [-0.2, 0) is 11.2 Å². The Hall–Kier alpha value is -3.08. The molecule has 0 radical (unpaired) electrons. The first-order chi connectivity index (χ1) is 18.3. The summed E-state index contributed by atoms with van der Waals surface area (Å²) in [6.45, 7) is 1.73. The fraction of sp³-hybridized carbons (Fsp3) is 0.407. The molecule has 0 atom stereocenters. The Balaban J connectivity index is 1.35. The summed E-state index contributed by atoms with van der Waals surface area (Å²) in [7, 11) is 1.59. The third-order valence-electron chi connectivity index (χ3n) is 7.25. The number of methoxy groups -OCH3 is 1. The number of aryl methyl sites for hydroxylation is 1. The van der Waals surface area contributed by atoms with Crippen LogP contribution in [0.15, 0.2) is 36.5 Å². The van der Waals surface area contributed by atoms with E-state index in [0.29, 0.717) is 62.5 Å². The number of hydroxylamine groups is 1. The van der Waals surface area contributed by atoms with Gasteiger partial charge in [0.2, 0.25) is 5.91 Å². The summed E-state index contributed by atoms with van der Waals surface area (Å²) in [5, 5.41) is 10.9. The highest BCUT2D eigenvalue weighted by molar-refractivity contribution is 6.32. The van der Waals surface area contributed by atoms with Crippen molar-refractivity contribution < 1.29 is 32.6 Å². The number of carbonyl (C=O) groups excluding carboxylic acids is 1. The van der Waals surface area contributed by atoms with Crippen LogP contribution in [0.3, 0.4) is 0 Å². The molecule has 0 saturated carbocycles. The maximum absolute atomic E-state index is 13.4. The van der Waals surface area contributed by atoms with Crippen LogP contribution < -0.4 is 15.0 Å². The summed E-state index contributed by atoms with van der Waals surface area (Å²) in [5.41, 5.74) is 2.82. The van der Waals surface area contributed by atoms with E-state index in [1.165, 1.54) is 0 Å². The first-order valence-electron chi connectivity index (χ1n) is 12.3. The van der Waals surface area contributed by atoms with Crippen molar-refractivity contribution in [1.82, 2.24) is 15.4 Å². The lowest BCUT2D eigenvalue weighted by atomic mass is 9.73. The van der Waals surface area contributed by atoms with Crippen LogP contribution in [0.4, 0.5) is 13.2 Å². The number of aromatic nitrogens is 1. The predicted molar refractivity (Wildman–Crippen MR) is 136 cm³/mol. The number of piperidine rings is 1. The highest BCUT2D eigenvalue weighted by Crippen LogP contribution is 2.38. The van der Waals surface area contributed by atoms with Gasteiger partial charge < -0.3 is 9.47 Å². The van der Waals surface area contributed by atoms with E-state index in [9.17, 15) is 23.2 Å². The first-order valence-corrected chi connectivity index (χ1v) is 12.7. The monoisotopic (exact) mass is 551 g/mol. The number of nitrogens with zero attached hydrogens (tertiary/aromatic N) is 2. The minimum atomic E-state index is -1.54. The molecule has 1 aromatic heterocycles. The standard InChI is InChI=1S/C27H29ClF3N3O4/c1-37-17-4-5-24-20(13-17)19(21(28)16-32-24)3-2-6-27(26(35)33-36)7-9-34(10-8-27)11-12-38-18-14-22(29)25(31)23(30)15-18/h4-5,13-16,36H,2-3,6-12H2,1H3,(H,33,35). The lowest BCUT2D eigenvalue weighted by molar-refractivity contribution is -0.143. The van der Waals surface area contributed by atoms with Crippen LogP contribution in [0.1, 0.15) is 31.2 Å². The van der Waals surface area contributed by atoms with E-state index in [4.69, 9.17) is 21.1 Å². The maximum atomic E-state index is 13.4. The van der Waals surface area contributed by atoms with Gasteiger partial charge in [0.1, 0.15) is 18.1 Å². The normalized spacial score (nSPS) is 15.4. The van der Waals surface area contributed by atoms with Crippen LogP contribution >= 0.6 is 11.6 Å². The topological polar surface area (TPSA) is 83.9 Å². The summed E-state index contributed by atoms with van der Waals surface area (Å²) in [6, 6.07) is 7.22. The zero-order valence-electron chi connectivity index (χ0n) is 20.9. The van der Waals surface area contributed by atoms with Crippen molar-refractivity contribution in [3.63, 3.8) is 0 Å². The molecule has 2 aromatic carbocycles. The largest absolute Gasteiger partial charge is 0.497 e. The minimum absolute atomic E-state index is 0.0904. The third kappa shape index (κ3) is 6.14. The SMILES string of the molecule is COc1ccc2ncc(Cl)c(CCCC3(C(=O)NO)CCN(CCOc4cc(F)c(F)c(F)c4)CC3)c2c1. The van der Waals surface area contributed by atoms with Crippen LogP contribution in [0.2, 0.25) is 5.02 Å². The third-order valence-corrected chi connectivity index (χ3v) is 7.57. The molecule has 204 valence electrons. The van der Waals surface area contributed by atoms with E-state index >= 15 is 0 Å². The second-order valence-corrected chi connectivity index (χ2v) is 9.84. The van der Waals surface area contributed by atoms with Gasteiger partial charge in [0.05, 0.1) is 23.1 Å². The Morgan fingerprint density at radius 3 is 2.53 bits per heavy atom.